The standard InChI is InChI=1S/C25H36N2O/c1-5-25(3)22-18-21(28)15-14-20(22)17-23(27(4)6-2)24(25)26-16-10-13-19-11-8-7-9-12-19/h7-9,11-12,14-15,18,23-24,26,28H,5-6,10,13,16-17H2,1-4H3/t23?,24?,25-/m1/s1. The first kappa shape index (κ1) is 20.9. The number of nitrogens with one attached hydrogen (secondary N) is 1. The maximum atomic E-state index is 10.1. The van der Waals surface area contributed by atoms with Gasteiger partial charge in [-0.2, -0.15) is 0 Å². The van der Waals surface area contributed by atoms with Crippen LogP contribution in [0.25, 0.3) is 0 Å². The monoisotopic (exact) mass is 380 g/mol. The Morgan fingerprint density at radius 2 is 1.89 bits per heavy atom. The van der Waals surface area contributed by atoms with E-state index in [-0.39, 0.29) is 5.41 Å². The lowest BCUT2D eigenvalue weighted by molar-refractivity contribution is 0.129. The van der Waals surface area contributed by atoms with E-state index < -0.39 is 0 Å². The first-order chi connectivity index (χ1) is 13.5. The Bertz CT molecular complexity index is 760. The molecule has 0 aromatic heterocycles. The molecule has 152 valence electrons. The van der Waals surface area contributed by atoms with Crippen LogP contribution < -0.4 is 5.32 Å². The lowest BCUT2D eigenvalue weighted by atomic mass is 9.64. The molecule has 3 atom stereocenters. The third-order valence-corrected chi connectivity index (χ3v) is 6.86. The van der Waals surface area contributed by atoms with Crippen LogP contribution in [0.3, 0.4) is 0 Å². The molecular weight excluding hydrogens is 344 g/mol. The second-order valence-electron chi connectivity index (χ2n) is 8.48. The van der Waals surface area contributed by atoms with Crippen molar-refractivity contribution in [3.63, 3.8) is 0 Å². The summed E-state index contributed by atoms with van der Waals surface area (Å²) in [5.74, 6) is 0.378. The Morgan fingerprint density at radius 3 is 2.57 bits per heavy atom. The van der Waals surface area contributed by atoms with Crippen LogP contribution in [-0.4, -0.2) is 42.2 Å². The Labute approximate surface area is 170 Å². The summed E-state index contributed by atoms with van der Waals surface area (Å²) in [6, 6.07) is 17.5. The summed E-state index contributed by atoms with van der Waals surface area (Å²) in [6.07, 6.45) is 4.32. The molecule has 0 heterocycles. The minimum absolute atomic E-state index is 0.00711. The van der Waals surface area contributed by atoms with Gasteiger partial charge < -0.3 is 15.3 Å². The van der Waals surface area contributed by atoms with Crippen molar-refractivity contribution in [2.45, 2.75) is 64.0 Å². The van der Waals surface area contributed by atoms with Crippen molar-refractivity contribution in [2.75, 3.05) is 20.1 Å². The molecule has 28 heavy (non-hydrogen) atoms. The number of fused-ring (bicyclic) bond motifs is 1. The highest BCUT2D eigenvalue weighted by atomic mass is 16.3. The molecule has 0 spiro atoms. The smallest absolute Gasteiger partial charge is 0.115 e. The van der Waals surface area contributed by atoms with Gasteiger partial charge in [0.05, 0.1) is 0 Å². The van der Waals surface area contributed by atoms with E-state index in [1.54, 1.807) is 0 Å². The van der Waals surface area contributed by atoms with E-state index in [0.717, 1.165) is 38.8 Å². The molecule has 2 unspecified atom stereocenters. The van der Waals surface area contributed by atoms with Crippen molar-refractivity contribution >= 4 is 0 Å². The zero-order valence-corrected chi connectivity index (χ0v) is 17.9. The fraction of sp³-hybridized carbons (Fsp3) is 0.520. The summed E-state index contributed by atoms with van der Waals surface area (Å²) in [5.41, 5.74) is 4.11. The van der Waals surface area contributed by atoms with Gasteiger partial charge in [-0.05, 0) is 74.6 Å². The molecule has 3 rings (SSSR count). The highest BCUT2D eigenvalue weighted by Crippen LogP contribution is 2.42. The third-order valence-electron chi connectivity index (χ3n) is 6.86. The predicted molar refractivity (Wildman–Crippen MR) is 118 cm³/mol. The molecule has 1 aliphatic rings. The molecule has 0 fully saturated rings. The van der Waals surface area contributed by atoms with Gasteiger partial charge in [-0.25, -0.2) is 0 Å². The molecule has 2 aromatic rings. The van der Waals surface area contributed by atoms with Crippen molar-refractivity contribution in [3.05, 3.63) is 65.2 Å². The van der Waals surface area contributed by atoms with Crippen molar-refractivity contribution < 1.29 is 5.11 Å². The molecule has 0 aliphatic heterocycles. The fourth-order valence-electron chi connectivity index (χ4n) is 4.82. The highest BCUT2D eigenvalue weighted by Gasteiger charge is 2.45. The lowest BCUT2D eigenvalue weighted by Crippen LogP contribution is -2.62. The molecule has 2 N–H and O–H groups in total. The van der Waals surface area contributed by atoms with E-state index in [1.165, 1.54) is 16.7 Å². The summed E-state index contributed by atoms with van der Waals surface area (Å²) >= 11 is 0. The van der Waals surface area contributed by atoms with Gasteiger partial charge in [0, 0.05) is 17.5 Å². The van der Waals surface area contributed by atoms with Crippen LogP contribution in [0, 0.1) is 0 Å². The third kappa shape index (κ3) is 4.26. The number of benzene rings is 2. The van der Waals surface area contributed by atoms with Crippen molar-refractivity contribution in [2.24, 2.45) is 0 Å². The quantitative estimate of drug-likeness (QED) is 0.661. The second-order valence-corrected chi connectivity index (χ2v) is 8.48. The molecule has 3 nitrogen and oxygen atoms in total. The van der Waals surface area contributed by atoms with Crippen LogP contribution in [0.15, 0.2) is 48.5 Å². The number of rotatable bonds is 8. The second kappa shape index (κ2) is 9.11. The fourth-order valence-corrected chi connectivity index (χ4v) is 4.82. The van der Waals surface area contributed by atoms with Crippen molar-refractivity contribution in [3.8, 4) is 5.75 Å². The van der Waals surface area contributed by atoms with Gasteiger partial charge in [-0.15, -0.1) is 0 Å². The van der Waals surface area contributed by atoms with E-state index in [1.807, 2.05) is 12.1 Å². The zero-order chi connectivity index (χ0) is 20.1. The largest absolute Gasteiger partial charge is 0.508 e. The number of likely N-dealkylation sites (N-methyl/N-ethyl adjacent to an activating group) is 1. The number of nitrogens with zero attached hydrogens (tertiary/aromatic N) is 1. The van der Waals surface area contributed by atoms with Gasteiger partial charge in [0.25, 0.3) is 0 Å². The summed E-state index contributed by atoms with van der Waals surface area (Å²) in [4.78, 5) is 2.48. The average Bonchev–Trinajstić information content (AvgIpc) is 2.72. The number of phenols is 1. The zero-order valence-electron chi connectivity index (χ0n) is 17.9. The molecule has 0 bridgehead atoms. The molecular formula is C25H36N2O. The first-order valence-corrected chi connectivity index (χ1v) is 10.8. The van der Waals surface area contributed by atoms with Crippen LogP contribution in [0.2, 0.25) is 0 Å². The molecule has 0 saturated carbocycles. The van der Waals surface area contributed by atoms with Crippen LogP contribution in [-0.2, 0) is 18.3 Å². The van der Waals surface area contributed by atoms with E-state index >= 15 is 0 Å². The van der Waals surface area contributed by atoms with Gasteiger partial charge >= 0.3 is 0 Å². The van der Waals surface area contributed by atoms with Gasteiger partial charge in [-0.1, -0.05) is 57.2 Å². The predicted octanol–water partition coefficient (Wildman–Crippen LogP) is 4.53. The van der Waals surface area contributed by atoms with Crippen LogP contribution in [0.4, 0.5) is 0 Å². The number of hydrogen-bond donors (Lipinski definition) is 2. The summed E-state index contributed by atoms with van der Waals surface area (Å²) in [5, 5.41) is 14.1. The number of phenolic OH excluding ortho intramolecular Hbond substituents is 1. The highest BCUT2D eigenvalue weighted by molar-refractivity contribution is 5.44. The minimum atomic E-state index is 0.00711. The van der Waals surface area contributed by atoms with E-state index in [2.05, 4.69) is 74.4 Å². The topological polar surface area (TPSA) is 35.5 Å². The van der Waals surface area contributed by atoms with E-state index in [4.69, 9.17) is 0 Å². The maximum absolute atomic E-state index is 10.1. The van der Waals surface area contributed by atoms with Gasteiger partial charge in [0.2, 0.25) is 0 Å². The normalized spacial score (nSPS) is 24.3. The van der Waals surface area contributed by atoms with E-state index in [9.17, 15) is 5.11 Å². The molecule has 3 heteroatoms. The molecule has 0 saturated heterocycles. The summed E-state index contributed by atoms with van der Waals surface area (Å²) in [6.45, 7) is 8.94. The molecule has 0 radical (unpaired) electrons. The molecule has 0 amide bonds. The Kier molecular flexibility index (Phi) is 6.79. The van der Waals surface area contributed by atoms with Crippen molar-refractivity contribution in [1.82, 2.24) is 10.2 Å². The van der Waals surface area contributed by atoms with E-state index in [0.29, 0.717) is 17.8 Å². The maximum Gasteiger partial charge on any atom is 0.115 e. The first-order valence-electron chi connectivity index (χ1n) is 10.8. The van der Waals surface area contributed by atoms with Gasteiger partial charge in [0.1, 0.15) is 5.75 Å². The Balaban J connectivity index is 1.80. The average molecular weight is 381 g/mol. The van der Waals surface area contributed by atoms with Gasteiger partial charge in [-0.3, -0.25) is 0 Å². The Morgan fingerprint density at radius 1 is 1.14 bits per heavy atom. The van der Waals surface area contributed by atoms with Crippen LogP contribution in [0.5, 0.6) is 5.75 Å². The Hall–Kier alpha value is -1.84. The number of hydrogen-bond acceptors (Lipinski definition) is 3. The molecule has 2 aromatic carbocycles. The van der Waals surface area contributed by atoms with Gasteiger partial charge in [0.15, 0.2) is 0 Å². The minimum Gasteiger partial charge on any atom is -0.508 e. The molecule has 1 aliphatic carbocycles. The van der Waals surface area contributed by atoms with Crippen LogP contribution >= 0.6 is 0 Å². The summed E-state index contributed by atoms with van der Waals surface area (Å²) < 4.78 is 0. The van der Waals surface area contributed by atoms with Crippen LogP contribution in [0.1, 0.15) is 50.3 Å². The SMILES string of the molecule is CCN(C)C1Cc2ccc(O)cc2[C@@](C)(CC)C1NCCCc1ccccc1. The number of aryl methyl sites for hydroxylation is 1. The summed E-state index contributed by atoms with van der Waals surface area (Å²) in [7, 11) is 2.24. The number of aromatic hydroxyl groups is 1. The van der Waals surface area contributed by atoms with Crippen molar-refractivity contribution in [1.29, 1.82) is 0 Å². The lowest BCUT2D eigenvalue weighted by Gasteiger charge is -2.50.